The predicted octanol–water partition coefficient (Wildman–Crippen LogP) is 0.209. The fourth-order valence-electron chi connectivity index (χ4n) is 1.08. The molecule has 0 spiro atoms. The van der Waals surface area contributed by atoms with Crippen LogP contribution in [0.2, 0.25) is 0 Å². The van der Waals surface area contributed by atoms with Gasteiger partial charge in [-0.15, -0.1) is 0 Å². The van der Waals surface area contributed by atoms with Crippen molar-refractivity contribution in [2.24, 2.45) is 5.10 Å². The van der Waals surface area contributed by atoms with Gasteiger partial charge >= 0.3 is 0 Å². The molecule has 0 radical (unpaired) electrons. The highest BCUT2D eigenvalue weighted by atomic mass is 32.2. The molecule has 2 heterocycles. The van der Waals surface area contributed by atoms with Crippen LogP contribution in [0, 0.1) is 0 Å². The molecule has 0 bridgehead atoms. The summed E-state index contributed by atoms with van der Waals surface area (Å²) >= 11 is 1.85. The van der Waals surface area contributed by atoms with Gasteiger partial charge in [-0.05, 0) is 0 Å². The number of fused-ring (bicyclic) bond motifs is 1. The van der Waals surface area contributed by atoms with Gasteiger partial charge in [-0.2, -0.15) is 5.10 Å². The molecule has 0 amide bonds. The zero-order valence-electron chi connectivity index (χ0n) is 5.37. The van der Waals surface area contributed by atoms with Gasteiger partial charge in [0.25, 0.3) is 0 Å². The third-order valence-electron chi connectivity index (χ3n) is 1.49. The lowest BCUT2D eigenvalue weighted by atomic mass is 10.6. The van der Waals surface area contributed by atoms with Crippen molar-refractivity contribution in [1.82, 2.24) is 9.91 Å². The molecule has 0 N–H and O–H groups in total. The van der Waals surface area contributed by atoms with Crippen LogP contribution >= 0.6 is 11.8 Å². The molecule has 0 unspecified atom stereocenters. The van der Waals surface area contributed by atoms with Crippen molar-refractivity contribution in [2.45, 2.75) is 0 Å². The van der Waals surface area contributed by atoms with Crippen molar-refractivity contribution in [3.8, 4) is 0 Å². The van der Waals surface area contributed by atoms with Crippen molar-refractivity contribution in [3.63, 3.8) is 0 Å². The number of hydrogen-bond donors (Lipinski definition) is 0. The number of hydrogen-bond acceptors (Lipinski definition) is 4. The summed E-state index contributed by atoms with van der Waals surface area (Å²) in [6.45, 7) is 2.16. The molecule has 1 fully saturated rings. The zero-order chi connectivity index (χ0) is 6.27. The Kier molecular flexibility index (Phi) is 1.08. The molecule has 9 heavy (non-hydrogen) atoms. The van der Waals surface area contributed by atoms with Crippen molar-refractivity contribution < 1.29 is 0 Å². The van der Waals surface area contributed by atoms with Crippen LogP contribution in [0.4, 0.5) is 0 Å². The molecule has 2 aliphatic heterocycles. The van der Waals surface area contributed by atoms with Crippen LogP contribution in [-0.2, 0) is 0 Å². The smallest absolute Gasteiger partial charge is 0.184 e. The van der Waals surface area contributed by atoms with Crippen molar-refractivity contribution in [3.05, 3.63) is 0 Å². The Morgan fingerprint density at radius 2 is 2.56 bits per heavy atom. The first-order valence-corrected chi connectivity index (χ1v) is 4.02. The van der Waals surface area contributed by atoms with E-state index in [2.05, 4.69) is 10.0 Å². The summed E-state index contributed by atoms with van der Waals surface area (Å²) in [7, 11) is 2.01. The van der Waals surface area contributed by atoms with Crippen molar-refractivity contribution >= 4 is 16.9 Å². The fourth-order valence-corrected chi connectivity index (χ4v) is 2.11. The van der Waals surface area contributed by atoms with Crippen LogP contribution in [0.5, 0.6) is 0 Å². The number of amidine groups is 1. The summed E-state index contributed by atoms with van der Waals surface area (Å²) in [4.78, 5) is 2.30. The van der Waals surface area contributed by atoms with Crippen LogP contribution < -0.4 is 0 Å². The lowest BCUT2D eigenvalue weighted by Gasteiger charge is -2.10. The highest BCUT2D eigenvalue weighted by Gasteiger charge is 2.25. The second-order valence-electron chi connectivity index (χ2n) is 2.29. The van der Waals surface area contributed by atoms with Crippen molar-refractivity contribution in [2.75, 3.05) is 26.0 Å². The quantitative estimate of drug-likeness (QED) is 0.483. The minimum Gasteiger partial charge on any atom is -0.330 e. The van der Waals surface area contributed by atoms with E-state index in [-0.39, 0.29) is 0 Å². The van der Waals surface area contributed by atoms with E-state index in [1.807, 2.05) is 23.8 Å². The Morgan fingerprint density at radius 3 is 3.33 bits per heavy atom. The average Bonchev–Trinajstić information content (AvgIpc) is 2.22. The monoisotopic (exact) mass is 143 g/mol. The number of rotatable bonds is 0. The highest BCUT2D eigenvalue weighted by Crippen LogP contribution is 2.22. The van der Waals surface area contributed by atoms with E-state index in [1.165, 1.54) is 17.5 Å². The molecule has 0 aliphatic carbocycles. The van der Waals surface area contributed by atoms with Gasteiger partial charge < -0.3 is 4.90 Å². The van der Waals surface area contributed by atoms with E-state index in [0.717, 1.165) is 6.67 Å². The van der Waals surface area contributed by atoms with E-state index >= 15 is 0 Å². The van der Waals surface area contributed by atoms with Crippen LogP contribution in [0.1, 0.15) is 0 Å². The molecule has 4 heteroatoms. The SMILES string of the molecule is CN1CN2CCSC2=N1. The second-order valence-corrected chi connectivity index (χ2v) is 3.36. The maximum absolute atomic E-state index is 4.29. The van der Waals surface area contributed by atoms with Crippen LogP contribution in [0.15, 0.2) is 5.10 Å². The molecular formula is C5H9N3S. The Bertz CT molecular complexity index is 156. The molecule has 1 saturated heterocycles. The van der Waals surface area contributed by atoms with Crippen molar-refractivity contribution in [1.29, 1.82) is 0 Å². The zero-order valence-corrected chi connectivity index (χ0v) is 6.19. The molecule has 2 rings (SSSR count). The predicted molar refractivity (Wildman–Crippen MR) is 39.2 cm³/mol. The molecule has 0 aromatic heterocycles. The van der Waals surface area contributed by atoms with Gasteiger partial charge in [0.15, 0.2) is 5.17 Å². The van der Waals surface area contributed by atoms with Gasteiger partial charge in [-0.3, -0.25) is 5.01 Å². The third kappa shape index (κ3) is 0.775. The summed E-state index contributed by atoms with van der Waals surface area (Å²) in [5, 5.41) is 7.47. The molecule has 0 aromatic rings. The van der Waals surface area contributed by atoms with Gasteiger partial charge in [0, 0.05) is 19.3 Å². The molecule has 50 valence electrons. The first-order valence-electron chi connectivity index (χ1n) is 3.04. The van der Waals surface area contributed by atoms with Crippen LogP contribution in [-0.4, -0.2) is 41.1 Å². The number of hydrazone groups is 1. The average molecular weight is 143 g/mol. The number of nitrogens with zero attached hydrogens (tertiary/aromatic N) is 3. The minimum atomic E-state index is 0.988. The Morgan fingerprint density at radius 1 is 1.67 bits per heavy atom. The Balaban J connectivity index is 2.18. The molecule has 3 nitrogen and oxygen atoms in total. The summed E-state index contributed by atoms with van der Waals surface area (Å²) in [5.74, 6) is 1.21. The van der Waals surface area contributed by atoms with E-state index < -0.39 is 0 Å². The van der Waals surface area contributed by atoms with E-state index in [1.54, 1.807) is 0 Å². The molecule has 0 atom stereocenters. The lowest BCUT2D eigenvalue weighted by molar-refractivity contribution is 0.287. The van der Waals surface area contributed by atoms with Gasteiger partial charge in [-0.1, -0.05) is 11.8 Å². The first-order chi connectivity index (χ1) is 4.36. The van der Waals surface area contributed by atoms with E-state index in [9.17, 15) is 0 Å². The maximum atomic E-state index is 4.29. The maximum Gasteiger partial charge on any atom is 0.184 e. The van der Waals surface area contributed by atoms with E-state index in [4.69, 9.17) is 0 Å². The van der Waals surface area contributed by atoms with Gasteiger partial charge in [-0.25, -0.2) is 0 Å². The van der Waals surface area contributed by atoms with Gasteiger partial charge in [0.2, 0.25) is 0 Å². The number of thioether (sulfide) groups is 1. The Labute approximate surface area is 58.7 Å². The second kappa shape index (κ2) is 1.80. The van der Waals surface area contributed by atoms with E-state index in [0.29, 0.717) is 0 Å². The molecule has 0 aromatic carbocycles. The summed E-state index contributed by atoms with van der Waals surface area (Å²) < 4.78 is 0. The van der Waals surface area contributed by atoms with Crippen LogP contribution in [0.3, 0.4) is 0 Å². The molecule has 2 aliphatic rings. The summed E-state index contributed by atoms with van der Waals surface area (Å²) in [6, 6.07) is 0. The third-order valence-corrected chi connectivity index (χ3v) is 2.48. The first kappa shape index (κ1) is 5.41. The summed E-state index contributed by atoms with van der Waals surface area (Å²) in [6.07, 6.45) is 0. The molecule has 0 saturated carbocycles. The largest absolute Gasteiger partial charge is 0.330 e. The normalized spacial score (nSPS) is 24.8. The van der Waals surface area contributed by atoms with Gasteiger partial charge in [0.05, 0.1) is 0 Å². The Hall–Kier alpha value is -0.380. The highest BCUT2D eigenvalue weighted by molar-refractivity contribution is 8.14. The minimum absolute atomic E-state index is 0.988. The summed E-state index contributed by atoms with van der Waals surface area (Å²) in [5.41, 5.74) is 0. The topological polar surface area (TPSA) is 18.8 Å². The fraction of sp³-hybridized carbons (Fsp3) is 0.800. The lowest BCUT2D eigenvalue weighted by Crippen LogP contribution is -2.25. The van der Waals surface area contributed by atoms with Crippen LogP contribution in [0.25, 0.3) is 0 Å². The molecular weight excluding hydrogens is 134 g/mol. The van der Waals surface area contributed by atoms with Gasteiger partial charge in [0.1, 0.15) is 6.67 Å². The standard InChI is InChI=1S/C5H9N3S/c1-7-4-8-2-3-9-5(8)6-7/h2-4H2,1H3.